The molecule has 2 aromatic heterocycles. The Morgan fingerprint density at radius 3 is 2.57 bits per heavy atom. The third-order valence-corrected chi connectivity index (χ3v) is 3.48. The Kier molecular flexibility index (Phi) is 4.31. The van der Waals surface area contributed by atoms with Crippen molar-refractivity contribution >= 4 is 5.78 Å². The second-order valence-corrected chi connectivity index (χ2v) is 5.13. The Bertz CT molecular complexity index is 696. The van der Waals surface area contributed by atoms with Gasteiger partial charge in [0.2, 0.25) is 0 Å². The van der Waals surface area contributed by atoms with Crippen LogP contribution in [0.3, 0.4) is 0 Å². The lowest BCUT2D eigenvalue weighted by atomic mass is 10.0. The van der Waals surface area contributed by atoms with Gasteiger partial charge in [-0.1, -0.05) is 0 Å². The number of pyridine rings is 1. The third-order valence-electron chi connectivity index (χ3n) is 3.48. The fraction of sp³-hybridized carbons (Fsp3) is 0.375. The van der Waals surface area contributed by atoms with E-state index in [0.29, 0.717) is 11.3 Å². The fourth-order valence-corrected chi connectivity index (χ4v) is 2.33. The van der Waals surface area contributed by atoms with Gasteiger partial charge in [-0.2, -0.15) is 10.2 Å². The molecule has 0 atom stereocenters. The number of Topliss-reactive ketones (excluding diaryl/α,β-unsaturated/α-hetero) is 1. The van der Waals surface area contributed by atoms with E-state index in [1.54, 1.807) is 26.3 Å². The molecule has 0 aliphatic heterocycles. The number of aromatic nitrogens is 3. The first-order valence-electron chi connectivity index (χ1n) is 6.77. The highest BCUT2D eigenvalue weighted by Crippen LogP contribution is 2.25. The number of ether oxygens (including phenoxy) is 1. The second-order valence-electron chi connectivity index (χ2n) is 5.13. The monoisotopic (exact) mass is 285 g/mol. The normalized spacial score (nSPS) is 10.5. The molecule has 2 aromatic rings. The van der Waals surface area contributed by atoms with Crippen LogP contribution in [0.15, 0.2) is 12.3 Å². The fourth-order valence-electron chi connectivity index (χ4n) is 2.33. The molecule has 5 nitrogen and oxygen atoms in total. The van der Waals surface area contributed by atoms with E-state index in [-0.39, 0.29) is 12.2 Å². The highest BCUT2D eigenvalue weighted by molar-refractivity contribution is 5.98. The molecule has 0 saturated heterocycles. The van der Waals surface area contributed by atoms with E-state index in [1.807, 2.05) is 20.8 Å². The zero-order valence-corrected chi connectivity index (χ0v) is 13.0. The van der Waals surface area contributed by atoms with Gasteiger partial charge in [0.25, 0.3) is 0 Å². The lowest BCUT2D eigenvalue weighted by molar-refractivity contribution is 0.0990. The molecular formula is C16H19N3O2. The molecule has 5 heteroatoms. The molecule has 110 valence electrons. The molecule has 0 N–H and O–H groups in total. The molecular weight excluding hydrogens is 266 g/mol. The number of hydrogen-bond acceptors (Lipinski definition) is 5. The van der Waals surface area contributed by atoms with Gasteiger partial charge < -0.3 is 4.74 Å². The Hall–Kier alpha value is -2.30. The maximum Gasteiger partial charge on any atom is 0.170 e. The van der Waals surface area contributed by atoms with Crippen LogP contribution in [0, 0.1) is 27.7 Å². The topological polar surface area (TPSA) is 65.0 Å². The zero-order chi connectivity index (χ0) is 15.6. The van der Waals surface area contributed by atoms with Gasteiger partial charge in [0.15, 0.2) is 5.78 Å². The first kappa shape index (κ1) is 15.1. The van der Waals surface area contributed by atoms with Crippen molar-refractivity contribution < 1.29 is 9.53 Å². The van der Waals surface area contributed by atoms with Gasteiger partial charge in [-0.05, 0) is 33.8 Å². The summed E-state index contributed by atoms with van der Waals surface area (Å²) in [5, 5.41) is 7.94. The van der Waals surface area contributed by atoms with E-state index < -0.39 is 0 Å². The van der Waals surface area contributed by atoms with Gasteiger partial charge in [-0.15, -0.1) is 0 Å². The number of carbonyl (C=O) groups is 1. The third kappa shape index (κ3) is 3.07. The van der Waals surface area contributed by atoms with Crippen LogP contribution in [-0.4, -0.2) is 28.1 Å². The standard InChI is InChI=1S/C16H19N3O2/c1-9-8-17-14(11(3)16(9)21-5)7-15(20)13-6-10(2)18-19-12(13)4/h6,8H,7H2,1-5H3. The van der Waals surface area contributed by atoms with Crippen molar-refractivity contribution in [1.82, 2.24) is 15.2 Å². The lowest BCUT2D eigenvalue weighted by Gasteiger charge is -2.12. The van der Waals surface area contributed by atoms with Crippen molar-refractivity contribution in [2.75, 3.05) is 7.11 Å². The van der Waals surface area contributed by atoms with Crippen LogP contribution in [0.25, 0.3) is 0 Å². The van der Waals surface area contributed by atoms with Crippen LogP contribution in [0.2, 0.25) is 0 Å². The molecule has 0 aliphatic rings. The van der Waals surface area contributed by atoms with Gasteiger partial charge in [-0.25, -0.2) is 0 Å². The maximum atomic E-state index is 12.5. The van der Waals surface area contributed by atoms with Crippen molar-refractivity contribution in [2.24, 2.45) is 0 Å². The molecule has 0 unspecified atom stereocenters. The molecule has 0 aromatic carbocycles. The van der Waals surface area contributed by atoms with Crippen molar-refractivity contribution in [1.29, 1.82) is 0 Å². The van der Waals surface area contributed by atoms with Crippen molar-refractivity contribution in [3.63, 3.8) is 0 Å². The number of carbonyl (C=O) groups excluding carboxylic acids is 1. The van der Waals surface area contributed by atoms with E-state index in [1.165, 1.54) is 0 Å². The largest absolute Gasteiger partial charge is 0.496 e. The van der Waals surface area contributed by atoms with Crippen LogP contribution in [0.4, 0.5) is 0 Å². The first-order chi connectivity index (χ1) is 9.93. The Balaban J connectivity index is 2.34. The van der Waals surface area contributed by atoms with Crippen LogP contribution in [0.1, 0.15) is 38.6 Å². The predicted octanol–water partition coefficient (Wildman–Crippen LogP) is 2.54. The zero-order valence-electron chi connectivity index (χ0n) is 13.0. The van der Waals surface area contributed by atoms with Crippen molar-refractivity contribution in [3.05, 3.63) is 46.0 Å². The summed E-state index contributed by atoms with van der Waals surface area (Å²) >= 11 is 0. The highest BCUT2D eigenvalue weighted by Gasteiger charge is 2.16. The van der Waals surface area contributed by atoms with E-state index in [2.05, 4.69) is 15.2 Å². The minimum atomic E-state index is -0.00740. The van der Waals surface area contributed by atoms with Gasteiger partial charge in [-0.3, -0.25) is 9.78 Å². The van der Waals surface area contributed by atoms with E-state index in [0.717, 1.165) is 28.3 Å². The Morgan fingerprint density at radius 2 is 1.90 bits per heavy atom. The summed E-state index contributed by atoms with van der Waals surface area (Å²) in [6.07, 6.45) is 1.96. The smallest absolute Gasteiger partial charge is 0.170 e. The minimum absolute atomic E-state index is 0.00740. The number of methoxy groups -OCH3 is 1. The molecule has 0 saturated carbocycles. The van der Waals surface area contributed by atoms with Gasteiger partial charge in [0.05, 0.1) is 30.6 Å². The molecule has 0 bridgehead atoms. The molecule has 0 spiro atoms. The molecule has 2 heterocycles. The minimum Gasteiger partial charge on any atom is -0.496 e. The summed E-state index contributed by atoms with van der Waals surface area (Å²) in [6, 6.07) is 1.77. The molecule has 0 aliphatic carbocycles. The van der Waals surface area contributed by atoms with Crippen LogP contribution in [0.5, 0.6) is 5.75 Å². The van der Waals surface area contributed by atoms with Gasteiger partial charge in [0, 0.05) is 22.9 Å². The lowest BCUT2D eigenvalue weighted by Crippen LogP contribution is -2.11. The summed E-state index contributed by atoms with van der Waals surface area (Å²) < 4.78 is 5.37. The molecule has 21 heavy (non-hydrogen) atoms. The number of aryl methyl sites for hydroxylation is 3. The van der Waals surface area contributed by atoms with Crippen LogP contribution < -0.4 is 4.74 Å². The summed E-state index contributed by atoms with van der Waals surface area (Å²) in [4.78, 5) is 16.8. The predicted molar refractivity (Wildman–Crippen MR) is 79.8 cm³/mol. The molecule has 0 fully saturated rings. The first-order valence-corrected chi connectivity index (χ1v) is 6.77. The molecule has 2 rings (SSSR count). The van der Waals surface area contributed by atoms with E-state index in [9.17, 15) is 4.79 Å². The summed E-state index contributed by atoms with van der Waals surface area (Å²) in [5.41, 5.74) is 4.57. The van der Waals surface area contributed by atoms with Gasteiger partial charge in [0.1, 0.15) is 5.75 Å². The number of hydrogen-bond donors (Lipinski definition) is 0. The highest BCUT2D eigenvalue weighted by atomic mass is 16.5. The van der Waals surface area contributed by atoms with Gasteiger partial charge >= 0.3 is 0 Å². The van der Waals surface area contributed by atoms with Crippen molar-refractivity contribution in [2.45, 2.75) is 34.1 Å². The quantitative estimate of drug-likeness (QED) is 0.808. The van der Waals surface area contributed by atoms with Crippen LogP contribution >= 0.6 is 0 Å². The number of nitrogens with zero attached hydrogens (tertiary/aromatic N) is 3. The molecule has 0 radical (unpaired) electrons. The Morgan fingerprint density at radius 1 is 1.19 bits per heavy atom. The molecule has 0 amide bonds. The van der Waals surface area contributed by atoms with E-state index >= 15 is 0 Å². The average Bonchev–Trinajstić information content (AvgIpc) is 2.45. The maximum absolute atomic E-state index is 12.5. The summed E-state index contributed by atoms with van der Waals surface area (Å²) in [5.74, 6) is 0.778. The number of ketones is 1. The Labute approximate surface area is 124 Å². The average molecular weight is 285 g/mol. The second kappa shape index (κ2) is 5.99. The SMILES string of the molecule is COc1c(C)cnc(CC(=O)c2cc(C)nnc2C)c1C. The van der Waals surface area contributed by atoms with Crippen LogP contribution in [-0.2, 0) is 6.42 Å². The number of rotatable bonds is 4. The summed E-state index contributed by atoms with van der Waals surface area (Å²) in [6.45, 7) is 7.46. The van der Waals surface area contributed by atoms with E-state index in [4.69, 9.17) is 4.74 Å². The summed E-state index contributed by atoms with van der Waals surface area (Å²) in [7, 11) is 1.63. The van der Waals surface area contributed by atoms with Crippen molar-refractivity contribution in [3.8, 4) is 5.75 Å².